The number of carboxylic acids is 1. The first-order chi connectivity index (χ1) is 10.3. The molecule has 0 aliphatic carbocycles. The summed E-state index contributed by atoms with van der Waals surface area (Å²) in [6, 6.07) is 4.46. The van der Waals surface area contributed by atoms with Crippen LogP contribution < -0.4 is 4.72 Å². The summed E-state index contributed by atoms with van der Waals surface area (Å²) in [4.78, 5) is 11.1. The third-order valence-electron chi connectivity index (χ3n) is 3.16. The van der Waals surface area contributed by atoms with Crippen molar-refractivity contribution in [3.63, 3.8) is 0 Å². The summed E-state index contributed by atoms with van der Waals surface area (Å²) in [6.45, 7) is 3.58. The maximum Gasteiger partial charge on any atom is 0.307 e. The Kier molecular flexibility index (Phi) is 4.77. The van der Waals surface area contributed by atoms with Gasteiger partial charge in [-0.15, -0.1) is 0 Å². The summed E-state index contributed by atoms with van der Waals surface area (Å²) in [5.74, 6) is -1.67. The molecule has 0 amide bonds. The van der Waals surface area contributed by atoms with Crippen LogP contribution in [0.3, 0.4) is 0 Å². The SMILES string of the molecule is CC(C)CC(CNS(=O)(=O)c1cccc2nonc12)C(=O)O. The smallest absolute Gasteiger partial charge is 0.307 e. The van der Waals surface area contributed by atoms with E-state index in [0.717, 1.165) is 0 Å². The molecule has 1 unspecified atom stereocenters. The molecule has 0 aliphatic heterocycles. The minimum absolute atomic E-state index is 0.0834. The van der Waals surface area contributed by atoms with Gasteiger partial charge in [0.15, 0.2) is 5.52 Å². The number of sulfonamides is 1. The topological polar surface area (TPSA) is 122 Å². The van der Waals surface area contributed by atoms with E-state index in [1.165, 1.54) is 12.1 Å². The van der Waals surface area contributed by atoms with Crippen LogP contribution in [0, 0.1) is 11.8 Å². The number of aromatic nitrogens is 2. The van der Waals surface area contributed by atoms with Gasteiger partial charge >= 0.3 is 5.97 Å². The Bertz CT molecular complexity index is 769. The first-order valence-electron chi connectivity index (χ1n) is 6.75. The van der Waals surface area contributed by atoms with Gasteiger partial charge in [0.1, 0.15) is 10.4 Å². The molecule has 2 rings (SSSR count). The van der Waals surface area contributed by atoms with Crippen LogP contribution in [-0.4, -0.2) is 36.4 Å². The summed E-state index contributed by atoms with van der Waals surface area (Å²) in [5, 5.41) is 16.3. The first-order valence-corrected chi connectivity index (χ1v) is 8.23. The van der Waals surface area contributed by atoms with E-state index in [-0.39, 0.29) is 22.9 Å². The average Bonchev–Trinajstić information content (AvgIpc) is 2.90. The fourth-order valence-corrected chi connectivity index (χ4v) is 3.36. The van der Waals surface area contributed by atoms with E-state index >= 15 is 0 Å². The number of carboxylic acid groups (broad SMARTS) is 1. The van der Waals surface area contributed by atoms with E-state index in [2.05, 4.69) is 19.7 Å². The number of rotatable bonds is 7. The van der Waals surface area contributed by atoms with E-state index in [1.807, 2.05) is 13.8 Å². The Morgan fingerprint density at radius 2 is 2.09 bits per heavy atom. The van der Waals surface area contributed by atoms with E-state index < -0.39 is 21.9 Å². The van der Waals surface area contributed by atoms with Crippen LogP contribution in [0.1, 0.15) is 20.3 Å². The van der Waals surface area contributed by atoms with Crippen LogP contribution in [0.2, 0.25) is 0 Å². The van der Waals surface area contributed by atoms with Crippen molar-refractivity contribution in [3.05, 3.63) is 18.2 Å². The molecule has 1 atom stereocenters. The lowest BCUT2D eigenvalue weighted by Crippen LogP contribution is -2.33. The third kappa shape index (κ3) is 3.60. The number of hydrogen-bond acceptors (Lipinski definition) is 6. The zero-order valence-electron chi connectivity index (χ0n) is 12.2. The van der Waals surface area contributed by atoms with Crippen LogP contribution in [0.25, 0.3) is 11.0 Å². The second-order valence-corrected chi connectivity index (χ2v) is 7.14. The zero-order chi connectivity index (χ0) is 16.3. The van der Waals surface area contributed by atoms with Gasteiger partial charge in [-0.2, -0.15) is 0 Å². The van der Waals surface area contributed by atoms with Crippen LogP contribution in [0.15, 0.2) is 27.7 Å². The third-order valence-corrected chi connectivity index (χ3v) is 4.62. The van der Waals surface area contributed by atoms with Gasteiger partial charge < -0.3 is 5.11 Å². The van der Waals surface area contributed by atoms with Crippen molar-refractivity contribution in [3.8, 4) is 0 Å². The highest BCUT2D eigenvalue weighted by atomic mass is 32.2. The summed E-state index contributed by atoms with van der Waals surface area (Å²) in [5.41, 5.74) is 0.436. The summed E-state index contributed by atoms with van der Waals surface area (Å²) >= 11 is 0. The van der Waals surface area contributed by atoms with Crippen molar-refractivity contribution >= 4 is 27.0 Å². The molecule has 2 N–H and O–H groups in total. The second-order valence-electron chi connectivity index (χ2n) is 5.40. The molecule has 0 fully saturated rings. The lowest BCUT2D eigenvalue weighted by molar-refractivity contribution is -0.142. The van der Waals surface area contributed by atoms with Gasteiger partial charge in [-0.05, 0) is 34.8 Å². The highest BCUT2D eigenvalue weighted by molar-refractivity contribution is 7.89. The highest BCUT2D eigenvalue weighted by Gasteiger charge is 2.24. The summed E-state index contributed by atoms with van der Waals surface area (Å²) in [6.07, 6.45) is 0.383. The lowest BCUT2D eigenvalue weighted by Gasteiger charge is -2.15. The quantitative estimate of drug-likeness (QED) is 0.784. The fraction of sp³-hybridized carbons (Fsp3) is 0.462. The lowest BCUT2D eigenvalue weighted by atomic mass is 9.98. The minimum Gasteiger partial charge on any atom is -0.481 e. The Morgan fingerprint density at radius 3 is 2.73 bits per heavy atom. The van der Waals surface area contributed by atoms with Crippen molar-refractivity contribution in [1.29, 1.82) is 0 Å². The Labute approximate surface area is 127 Å². The number of nitrogens with zero attached hydrogens (tertiary/aromatic N) is 2. The average molecular weight is 327 g/mol. The number of hydrogen-bond donors (Lipinski definition) is 2. The largest absolute Gasteiger partial charge is 0.481 e. The van der Waals surface area contributed by atoms with Crippen LogP contribution >= 0.6 is 0 Å². The molecular weight excluding hydrogens is 310 g/mol. The van der Waals surface area contributed by atoms with Gasteiger partial charge in [-0.3, -0.25) is 4.79 Å². The van der Waals surface area contributed by atoms with Crippen LogP contribution in [0.5, 0.6) is 0 Å². The minimum atomic E-state index is -3.90. The predicted octanol–water partition coefficient (Wildman–Crippen LogP) is 1.25. The Hall–Kier alpha value is -2.00. The van der Waals surface area contributed by atoms with Gasteiger partial charge in [0, 0.05) is 6.54 Å². The number of aliphatic carboxylic acids is 1. The molecule has 0 radical (unpaired) electrons. The van der Waals surface area contributed by atoms with Crippen molar-refractivity contribution in [1.82, 2.24) is 15.0 Å². The van der Waals surface area contributed by atoms with Crippen molar-refractivity contribution in [2.45, 2.75) is 25.2 Å². The fourth-order valence-electron chi connectivity index (χ4n) is 2.13. The van der Waals surface area contributed by atoms with Crippen molar-refractivity contribution < 1.29 is 22.9 Å². The molecular formula is C13H17N3O5S. The Morgan fingerprint density at radius 1 is 1.36 bits per heavy atom. The maximum absolute atomic E-state index is 12.3. The monoisotopic (exact) mass is 327 g/mol. The van der Waals surface area contributed by atoms with Gasteiger partial charge in [-0.1, -0.05) is 19.9 Å². The highest BCUT2D eigenvalue weighted by Crippen LogP contribution is 2.20. The first kappa shape index (κ1) is 16.4. The molecule has 22 heavy (non-hydrogen) atoms. The molecule has 0 saturated carbocycles. The number of fused-ring (bicyclic) bond motifs is 1. The predicted molar refractivity (Wildman–Crippen MR) is 77.6 cm³/mol. The van der Waals surface area contributed by atoms with Crippen LogP contribution in [-0.2, 0) is 14.8 Å². The molecule has 120 valence electrons. The molecule has 0 spiro atoms. The molecule has 2 aromatic rings. The standard InChI is InChI=1S/C13H17N3O5S/c1-8(2)6-9(13(17)18)7-14-22(19,20)11-5-3-4-10-12(11)16-21-15-10/h3-5,8-9,14H,6-7H2,1-2H3,(H,17,18). The number of benzene rings is 1. The molecule has 1 aromatic carbocycles. The summed E-state index contributed by atoms with van der Waals surface area (Å²) in [7, 11) is -3.90. The zero-order valence-corrected chi connectivity index (χ0v) is 13.0. The second kappa shape index (κ2) is 6.41. The maximum atomic E-state index is 12.3. The molecule has 8 nitrogen and oxygen atoms in total. The number of carbonyl (C=O) groups is 1. The van der Waals surface area contributed by atoms with Gasteiger partial charge in [0.25, 0.3) is 0 Å². The van der Waals surface area contributed by atoms with E-state index in [1.54, 1.807) is 6.07 Å². The van der Waals surface area contributed by atoms with Crippen molar-refractivity contribution in [2.75, 3.05) is 6.54 Å². The van der Waals surface area contributed by atoms with E-state index in [4.69, 9.17) is 5.11 Å². The van der Waals surface area contributed by atoms with Gasteiger partial charge in [-0.25, -0.2) is 17.8 Å². The molecule has 0 saturated heterocycles. The molecule has 0 bridgehead atoms. The Balaban J connectivity index is 2.21. The molecule has 1 aromatic heterocycles. The normalized spacial score (nSPS) is 13.6. The van der Waals surface area contributed by atoms with Gasteiger partial charge in [0.2, 0.25) is 10.0 Å². The molecule has 1 heterocycles. The molecule has 0 aliphatic rings. The molecule has 9 heteroatoms. The summed E-state index contributed by atoms with van der Waals surface area (Å²) < 4.78 is 31.5. The van der Waals surface area contributed by atoms with Crippen LogP contribution in [0.4, 0.5) is 0 Å². The van der Waals surface area contributed by atoms with E-state index in [9.17, 15) is 13.2 Å². The van der Waals surface area contributed by atoms with Crippen molar-refractivity contribution in [2.24, 2.45) is 11.8 Å². The number of nitrogens with one attached hydrogen (secondary N) is 1. The van der Waals surface area contributed by atoms with E-state index in [0.29, 0.717) is 11.9 Å². The van der Waals surface area contributed by atoms with Gasteiger partial charge in [0.05, 0.1) is 5.92 Å².